The van der Waals surface area contributed by atoms with Crippen LogP contribution in [-0.4, -0.2) is 30.8 Å². The molecule has 2 rings (SSSR count). The minimum Gasteiger partial charge on any atom is -0.487 e. The van der Waals surface area contributed by atoms with Crippen molar-refractivity contribution in [1.82, 2.24) is 0 Å². The predicted octanol–water partition coefficient (Wildman–Crippen LogP) is 0.840. The summed E-state index contributed by atoms with van der Waals surface area (Å²) in [6.07, 6.45) is 0. The third kappa shape index (κ3) is 1.44. The SMILES string of the molecule is CN1c2cccc(C#N)c2OCC1C(=O)O. The molecule has 1 unspecified atom stereocenters. The molecule has 1 aromatic carbocycles. The van der Waals surface area contributed by atoms with Crippen molar-refractivity contribution in [3.63, 3.8) is 0 Å². The topological polar surface area (TPSA) is 73.6 Å². The number of likely N-dealkylation sites (N-methyl/N-ethyl adjacent to an activating group) is 1. The number of carboxylic acids is 1. The number of carboxylic acid groups (broad SMARTS) is 1. The molecule has 1 heterocycles. The van der Waals surface area contributed by atoms with Crippen molar-refractivity contribution in [2.45, 2.75) is 6.04 Å². The fourth-order valence-corrected chi connectivity index (χ4v) is 1.72. The van der Waals surface area contributed by atoms with Crippen molar-refractivity contribution >= 4 is 11.7 Å². The molecule has 5 nitrogen and oxygen atoms in total. The number of rotatable bonds is 1. The number of aliphatic carboxylic acids is 1. The molecule has 0 spiro atoms. The molecule has 1 atom stereocenters. The first-order valence-electron chi connectivity index (χ1n) is 4.76. The lowest BCUT2D eigenvalue weighted by Crippen LogP contribution is -2.46. The quantitative estimate of drug-likeness (QED) is 0.756. The van der Waals surface area contributed by atoms with Crippen LogP contribution in [0.25, 0.3) is 0 Å². The predicted molar refractivity (Wildman–Crippen MR) is 56.5 cm³/mol. The Hall–Kier alpha value is -2.22. The monoisotopic (exact) mass is 218 g/mol. The van der Waals surface area contributed by atoms with E-state index in [0.717, 1.165) is 0 Å². The molecule has 0 bridgehead atoms. The number of fused-ring (bicyclic) bond motifs is 1. The van der Waals surface area contributed by atoms with Crippen LogP contribution in [0.1, 0.15) is 5.56 Å². The number of benzene rings is 1. The van der Waals surface area contributed by atoms with Crippen LogP contribution in [0.3, 0.4) is 0 Å². The Balaban J connectivity index is 2.47. The fourth-order valence-electron chi connectivity index (χ4n) is 1.72. The van der Waals surface area contributed by atoms with E-state index in [-0.39, 0.29) is 6.61 Å². The zero-order chi connectivity index (χ0) is 11.7. The minimum atomic E-state index is -0.935. The standard InChI is InChI=1S/C11H10N2O3/c1-13-8-4-2-3-7(5-12)10(8)16-6-9(13)11(14)15/h2-4,9H,6H2,1H3,(H,14,15). The van der Waals surface area contributed by atoms with Crippen molar-refractivity contribution in [3.8, 4) is 11.8 Å². The maximum absolute atomic E-state index is 10.9. The Morgan fingerprint density at radius 1 is 1.69 bits per heavy atom. The van der Waals surface area contributed by atoms with Crippen molar-refractivity contribution in [2.24, 2.45) is 0 Å². The van der Waals surface area contributed by atoms with Crippen LogP contribution >= 0.6 is 0 Å². The van der Waals surface area contributed by atoms with E-state index in [4.69, 9.17) is 15.1 Å². The second-order valence-corrected chi connectivity index (χ2v) is 3.54. The van der Waals surface area contributed by atoms with Gasteiger partial charge < -0.3 is 14.7 Å². The lowest BCUT2D eigenvalue weighted by atomic mass is 10.1. The highest BCUT2D eigenvalue weighted by Crippen LogP contribution is 2.35. The highest BCUT2D eigenvalue weighted by Gasteiger charge is 2.31. The van der Waals surface area contributed by atoms with Gasteiger partial charge in [0.1, 0.15) is 12.7 Å². The van der Waals surface area contributed by atoms with E-state index in [9.17, 15) is 4.79 Å². The number of hydrogen-bond acceptors (Lipinski definition) is 4. The van der Waals surface area contributed by atoms with E-state index in [2.05, 4.69) is 0 Å². The zero-order valence-corrected chi connectivity index (χ0v) is 8.67. The summed E-state index contributed by atoms with van der Waals surface area (Å²) >= 11 is 0. The average molecular weight is 218 g/mol. The summed E-state index contributed by atoms with van der Waals surface area (Å²) in [5.41, 5.74) is 1.06. The molecule has 0 saturated carbocycles. The Morgan fingerprint density at radius 3 is 3.06 bits per heavy atom. The number of nitriles is 1. The molecule has 82 valence electrons. The second kappa shape index (κ2) is 3.74. The van der Waals surface area contributed by atoms with Crippen molar-refractivity contribution < 1.29 is 14.6 Å². The van der Waals surface area contributed by atoms with E-state index < -0.39 is 12.0 Å². The summed E-state index contributed by atoms with van der Waals surface area (Å²) in [6.45, 7) is 0.0531. The third-order valence-corrected chi connectivity index (χ3v) is 2.63. The normalized spacial score (nSPS) is 18.2. The minimum absolute atomic E-state index is 0.0531. The molecule has 1 aliphatic rings. The molecular formula is C11H10N2O3. The molecule has 0 saturated heterocycles. The van der Waals surface area contributed by atoms with Crippen molar-refractivity contribution in [2.75, 3.05) is 18.6 Å². The molecule has 0 amide bonds. The van der Waals surface area contributed by atoms with E-state index in [1.54, 1.807) is 30.1 Å². The van der Waals surface area contributed by atoms with E-state index in [1.165, 1.54) is 0 Å². The molecule has 1 aliphatic heterocycles. The average Bonchev–Trinajstić information content (AvgIpc) is 2.28. The van der Waals surface area contributed by atoms with E-state index >= 15 is 0 Å². The molecular weight excluding hydrogens is 208 g/mol. The number of hydrogen-bond donors (Lipinski definition) is 1. The number of anilines is 1. The van der Waals surface area contributed by atoms with Crippen LogP contribution in [0.15, 0.2) is 18.2 Å². The van der Waals surface area contributed by atoms with Gasteiger partial charge in [-0.2, -0.15) is 5.26 Å². The molecule has 16 heavy (non-hydrogen) atoms. The fraction of sp³-hybridized carbons (Fsp3) is 0.273. The van der Waals surface area contributed by atoms with Gasteiger partial charge in [0.2, 0.25) is 0 Å². The van der Waals surface area contributed by atoms with Crippen LogP contribution in [0.4, 0.5) is 5.69 Å². The van der Waals surface area contributed by atoms with Gasteiger partial charge in [-0.25, -0.2) is 4.79 Å². The lowest BCUT2D eigenvalue weighted by molar-refractivity contribution is -0.139. The van der Waals surface area contributed by atoms with Crippen molar-refractivity contribution in [1.29, 1.82) is 5.26 Å². The molecule has 1 aromatic rings. The largest absolute Gasteiger partial charge is 0.487 e. The Bertz CT molecular complexity index is 479. The van der Waals surface area contributed by atoms with Gasteiger partial charge in [0.25, 0.3) is 0 Å². The van der Waals surface area contributed by atoms with Gasteiger partial charge in [0.05, 0.1) is 11.3 Å². The van der Waals surface area contributed by atoms with Gasteiger partial charge in [-0.1, -0.05) is 6.07 Å². The zero-order valence-electron chi connectivity index (χ0n) is 8.67. The van der Waals surface area contributed by atoms with Gasteiger partial charge in [-0.3, -0.25) is 0 Å². The Labute approximate surface area is 92.5 Å². The van der Waals surface area contributed by atoms with Gasteiger partial charge in [-0.15, -0.1) is 0 Å². The number of para-hydroxylation sites is 1. The smallest absolute Gasteiger partial charge is 0.329 e. The first-order valence-corrected chi connectivity index (χ1v) is 4.76. The summed E-state index contributed by atoms with van der Waals surface area (Å²) in [6, 6.07) is 6.41. The van der Waals surface area contributed by atoms with Gasteiger partial charge in [0, 0.05) is 7.05 Å². The van der Waals surface area contributed by atoms with Gasteiger partial charge in [0.15, 0.2) is 11.8 Å². The number of nitrogens with zero attached hydrogens (tertiary/aromatic N) is 2. The lowest BCUT2D eigenvalue weighted by Gasteiger charge is -2.33. The third-order valence-electron chi connectivity index (χ3n) is 2.63. The van der Waals surface area contributed by atoms with Gasteiger partial charge in [-0.05, 0) is 12.1 Å². The number of carbonyl (C=O) groups is 1. The Morgan fingerprint density at radius 2 is 2.44 bits per heavy atom. The highest BCUT2D eigenvalue weighted by molar-refractivity contribution is 5.81. The Kier molecular flexibility index (Phi) is 2.41. The van der Waals surface area contributed by atoms with Crippen molar-refractivity contribution in [3.05, 3.63) is 23.8 Å². The maximum Gasteiger partial charge on any atom is 0.329 e. The second-order valence-electron chi connectivity index (χ2n) is 3.54. The van der Waals surface area contributed by atoms with Crippen LogP contribution in [0.2, 0.25) is 0 Å². The molecule has 0 radical (unpaired) electrons. The summed E-state index contributed by atoms with van der Waals surface area (Å²) in [5, 5.41) is 17.9. The van der Waals surface area contributed by atoms with E-state index in [0.29, 0.717) is 17.0 Å². The summed E-state index contributed by atoms with van der Waals surface area (Å²) in [7, 11) is 1.68. The first-order chi connectivity index (χ1) is 7.65. The van der Waals surface area contributed by atoms with Gasteiger partial charge >= 0.3 is 5.97 Å². The maximum atomic E-state index is 10.9. The summed E-state index contributed by atoms with van der Waals surface area (Å²) in [4.78, 5) is 12.6. The highest BCUT2D eigenvalue weighted by atomic mass is 16.5. The summed E-state index contributed by atoms with van der Waals surface area (Å²) < 4.78 is 5.34. The van der Waals surface area contributed by atoms with E-state index in [1.807, 2.05) is 6.07 Å². The number of ether oxygens (including phenoxy) is 1. The molecule has 0 fully saturated rings. The van der Waals surface area contributed by atoms with Crippen LogP contribution in [-0.2, 0) is 4.79 Å². The summed E-state index contributed by atoms with van der Waals surface area (Å²) in [5.74, 6) is -0.472. The first kappa shape index (κ1) is 10.3. The molecule has 5 heteroatoms. The molecule has 0 aromatic heterocycles. The molecule has 1 N–H and O–H groups in total. The van der Waals surface area contributed by atoms with Crippen LogP contribution in [0.5, 0.6) is 5.75 Å². The molecule has 0 aliphatic carbocycles. The van der Waals surface area contributed by atoms with Crippen LogP contribution < -0.4 is 9.64 Å². The van der Waals surface area contributed by atoms with Crippen LogP contribution in [0, 0.1) is 11.3 Å².